The molecule has 0 saturated carbocycles. The first-order valence-corrected chi connectivity index (χ1v) is 10.8. The molecule has 0 aliphatic carbocycles. The predicted molar refractivity (Wildman–Crippen MR) is 107 cm³/mol. The number of ether oxygens (including phenoxy) is 2. The molecule has 0 radical (unpaired) electrons. The van der Waals surface area contributed by atoms with Crippen LogP contribution in [0.2, 0.25) is 0 Å². The zero-order valence-corrected chi connectivity index (χ0v) is 16.9. The van der Waals surface area contributed by atoms with Crippen molar-refractivity contribution in [2.45, 2.75) is 37.7 Å². The van der Waals surface area contributed by atoms with E-state index in [-0.39, 0.29) is 17.6 Å². The van der Waals surface area contributed by atoms with Crippen LogP contribution < -0.4 is 4.31 Å². The zero-order valence-electron chi connectivity index (χ0n) is 16.1. The number of sulfonamides is 1. The normalized spacial score (nSPS) is 15.9. The van der Waals surface area contributed by atoms with Gasteiger partial charge in [-0.25, -0.2) is 13.2 Å². The molecule has 6 nitrogen and oxygen atoms in total. The lowest BCUT2D eigenvalue weighted by Crippen LogP contribution is -2.32. The zero-order chi connectivity index (χ0) is 20.1. The fraction of sp³-hybridized carbons (Fsp3) is 0.381. The number of carbonyl (C=O) groups is 1. The first kappa shape index (κ1) is 20.4. The van der Waals surface area contributed by atoms with E-state index in [1.54, 1.807) is 55.5 Å². The van der Waals surface area contributed by atoms with E-state index in [1.165, 1.54) is 4.31 Å². The third-order valence-electron chi connectivity index (χ3n) is 4.57. The first-order chi connectivity index (χ1) is 13.4. The van der Waals surface area contributed by atoms with E-state index >= 15 is 0 Å². The number of esters is 1. The Morgan fingerprint density at radius 2 is 1.79 bits per heavy atom. The van der Waals surface area contributed by atoms with Crippen LogP contribution >= 0.6 is 0 Å². The maximum atomic E-state index is 13.3. The van der Waals surface area contributed by atoms with Gasteiger partial charge in [0, 0.05) is 6.54 Å². The van der Waals surface area contributed by atoms with E-state index in [9.17, 15) is 13.2 Å². The van der Waals surface area contributed by atoms with Crippen molar-refractivity contribution in [1.82, 2.24) is 0 Å². The largest absolute Gasteiger partial charge is 0.462 e. The van der Waals surface area contributed by atoms with E-state index in [0.29, 0.717) is 24.2 Å². The van der Waals surface area contributed by atoms with Crippen LogP contribution in [-0.2, 0) is 19.5 Å². The standard InChI is InChI=1S/C21H25NO5S/c1-3-26-21(23)17-8-10-18(11-9-17)22(14-4-5-19-15-27-19)28(24,25)20-12-6-16(2)7-13-20/h6-13,19H,3-5,14-15H2,1-2H3/t19-/m1/s1. The van der Waals surface area contributed by atoms with Gasteiger partial charge < -0.3 is 9.47 Å². The van der Waals surface area contributed by atoms with Crippen molar-refractivity contribution in [2.75, 3.05) is 24.1 Å². The van der Waals surface area contributed by atoms with Crippen molar-refractivity contribution in [1.29, 1.82) is 0 Å². The fourth-order valence-electron chi connectivity index (χ4n) is 2.90. The molecule has 0 N–H and O–H groups in total. The van der Waals surface area contributed by atoms with Gasteiger partial charge >= 0.3 is 5.97 Å². The summed E-state index contributed by atoms with van der Waals surface area (Å²) in [5.41, 5.74) is 1.91. The Balaban J connectivity index is 1.87. The van der Waals surface area contributed by atoms with E-state index < -0.39 is 16.0 Å². The SMILES string of the molecule is CCOC(=O)c1ccc(N(CCC[C@@H]2CO2)S(=O)(=O)c2ccc(C)cc2)cc1. The number of nitrogens with zero attached hydrogens (tertiary/aromatic N) is 1. The van der Waals surface area contributed by atoms with Gasteiger partial charge in [0.2, 0.25) is 0 Å². The molecule has 0 bridgehead atoms. The van der Waals surface area contributed by atoms with Gasteiger partial charge in [-0.15, -0.1) is 0 Å². The van der Waals surface area contributed by atoms with E-state index in [4.69, 9.17) is 9.47 Å². The number of carbonyl (C=O) groups excluding carboxylic acids is 1. The molecule has 0 spiro atoms. The Morgan fingerprint density at radius 3 is 2.36 bits per heavy atom. The summed E-state index contributed by atoms with van der Waals surface area (Å²) in [5, 5.41) is 0. The molecule has 0 aromatic heterocycles. The summed E-state index contributed by atoms with van der Waals surface area (Å²) in [6.45, 7) is 5.04. The van der Waals surface area contributed by atoms with Crippen molar-refractivity contribution in [3.63, 3.8) is 0 Å². The van der Waals surface area contributed by atoms with Crippen LogP contribution in [0.15, 0.2) is 53.4 Å². The minimum absolute atomic E-state index is 0.245. The third-order valence-corrected chi connectivity index (χ3v) is 6.41. The van der Waals surface area contributed by atoms with Crippen molar-refractivity contribution in [2.24, 2.45) is 0 Å². The highest BCUT2D eigenvalue weighted by Gasteiger charge is 2.27. The number of benzene rings is 2. The first-order valence-electron chi connectivity index (χ1n) is 9.40. The molecule has 7 heteroatoms. The van der Waals surface area contributed by atoms with Crippen molar-refractivity contribution < 1.29 is 22.7 Å². The summed E-state index contributed by atoms with van der Waals surface area (Å²) in [7, 11) is -3.72. The van der Waals surface area contributed by atoms with Gasteiger partial charge in [0.25, 0.3) is 10.0 Å². The molecule has 2 aromatic rings. The maximum absolute atomic E-state index is 13.3. The Labute approximate surface area is 166 Å². The number of hydrogen-bond donors (Lipinski definition) is 0. The van der Waals surface area contributed by atoms with Gasteiger partial charge in [-0.2, -0.15) is 0 Å². The topological polar surface area (TPSA) is 76.2 Å². The lowest BCUT2D eigenvalue weighted by molar-refractivity contribution is 0.0526. The molecule has 1 aliphatic rings. The summed E-state index contributed by atoms with van der Waals surface area (Å²) in [5.74, 6) is -0.423. The van der Waals surface area contributed by atoms with E-state index in [1.807, 2.05) is 6.92 Å². The van der Waals surface area contributed by atoms with Crippen LogP contribution in [0, 0.1) is 6.92 Å². The molecule has 1 aliphatic heterocycles. The Kier molecular flexibility index (Phi) is 6.36. The molecule has 0 unspecified atom stereocenters. The maximum Gasteiger partial charge on any atom is 0.338 e. The highest BCUT2D eigenvalue weighted by atomic mass is 32.2. The van der Waals surface area contributed by atoms with Crippen LogP contribution in [-0.4, -0.2) is 40.2 Å². The second-order valence-corrected chi connectivity index (χ2v) is 8.62. The van der Waals surface area contributed by atoms with Gasteiger partial charge in [-0.05, 0) is 63.1 Å². The smallest absolute Gasteiger partial charge is 0.338 e. The van der Waals surface area contributed by atoms with Gasteiger partial charge in [-0.1, -0.05) is 17.7 Å². The lowest BCUT2D eigenvalue weighted by atomic mass is 10.2. The number of rotatable bonds is 9. The van der Waals surface area contributed by atoms with Gasteiger partial charge in [0.1, 0.15) is 0 Å². The summed E-state index contributed by atoms with van der Waals surface area (Å²) < 4.78 is 38.1. The number of aryl methyl sites for hydroxylation is 1. The average molecular weight is 404 g/mol. The molecular weight excluding hydrogens is 378 g/mol. The van der Waals surface area contributed by atoms with Gasteiger partial charge in [0.05, 0.1) is 35.5 Å². The molecule has 150 valence electrons. The summed E-state index contributed by atoms with van der Waals surface area (Å²) in [6, 6.07) is 13.3. The monoisotopic (exact) mass is 403 g/mol. The Hall–Kier alpha value is -2.38. The molecule has 1 heterocycles. The fourth-order valence-corrected chi connectivity index (χ4v) is 4.40. The van der Waals surface area contributed by atoms with Crippen LogP contribution in [0.3, 0.4) is 0 Å². The second-order valence-electron chi connectivity index (χ2n) is 6.76. The summed E-state index contributed by atoms with van der Waals surface area (Å²) in [6.07, 6.45) is 1.76. The van der Waals surface area contributed by atoms with Crippen molar-refractivity contribution in [3.05, 3.63) is 59.7 Å². The molecule has 1 saturated heterocycles. The number of hydrogen-bond acceptors (Lipinski definition) is 5. The van der Waals surface area contributed by atoms with Crippen molar-refractivity contribution >= 4 is 21.7 Å². The number of anilines is 1. The lowest BCUT2D eigenvalue weighted by Gasteiger charge is -2.25. The summed E-state index contributed by atoms with van der Waals surface area (Å²) in [4.78, 5) is 12.1. The van der Waals surface area contributed by atoms with Crippen LogP contribution in [0.25, 0.3) is 0 Å². The molecule has 1 fully saturated rings. The minimum Gasteiger partial charge on any atom is -0.462 e. The molecule has 1 atom stereocenters. The predicted octanol–water partition coefficient (Wildman–Crippen LogP) is 3.55. The van der Waals surface area contributed by atoms with Crippen LogP contribution in [0.1, 0.15) is 35.7 Å². The van der Waals surface area contributed by atoms with Crippen LogP contribution in [0.5, 0.6) is 0 Å². The highest BCUT2D eigenvalue weighted by Crippen LogP contribution is 2.26. The molecule has 3 rings (SSSR count). The Bertz CT molecular complexity index is 903. The minimum atomic E-state index is -3.72. The highest BCUT2D eigenvalue weighted by molar-refractivity contribution is 7.92. The van der Waals surface area contributed by atoms with Crippen LogP contribution in [0.4, 0.5) is 5.69 Å². The van der Waals surface area contributed by atoms with Gasteiger partial charge in [0.15, 0.2) is 0 Å². The summed E-state index contributed by atoms with van der Waals surface area (Å²) >= 11 is 0. The quantitative estimate of drug-likeness (QED) is 0.473. The number of epoxide rings is 1. The second kappa shape index (κ2) is 8.75. The molecule has 0 amide bonds. The van der Waals surface area contributed by atoms with Gasteiger partial charge in [-0.3, -0.25) is 4.31 Å². The third kappa shape index (κ3) is 4.91. The Morgan fingerprint density at radius 1 is 1.14 bits per heavy atom. The molecule has 28 heavy (non-hydrogen) atoms. The molecule has 2 aromatic carbocycles. The van der Waals surface area contributed by atoms with Crippen molar-refractivity contribution in [3.8, 4) is 0 Å². The average Bonchev–Trinajstić information content (AvgIpc) is 3.50. The van der Waals surface area contributed by atoms with E-state index in [0.717, 1.165) is 18.6 Å². The van der Waals surface area contributed by atoms with E-state index in [2.05, 4.69) is 0 Å². The molecular formula is C21H25NO5S.